The summed E-state index contributed by atoms with van der Waals surface area (Å²) < 4.78 is 17.3. The summed E-state index contributed by atoms with van der Waals surface area (Å²) in [6.07, 6.45) is 16.7. The van der Waals surface area contributed by atoms with E-state index in [4.69, 9.17) is 4.74 Å². The molecule has 0 aromatic heterocycles. The van der Waals surface area contributed by atoms with Gasteiger partial charge in [-0.2, -0.15) is 0 Å². The molecular formula is C29H39FO. The molecule has 1 aliphatic rings. The molecule has 0 unspecified atom stereocenters. The minimum atomic E-state index is -0.166. The highest BCUT2D eigenvalue weighted by Gasteiger charge is 2.19. The predicted molar refractivity (Wildman–Crippen MR) is 130 cm³/mol. The second-order valence-electron chi connectivity index (χ2n) is 9.11. The van der Waals surface area contributed by atoms with Crippen molar-refractivity contribution in [1.29, 1.82) is 0 Å². The number of methoxy groups -OCH3 is 1. The summed E-state index contributed by atoms with van der Waals surface area (Å²) in [5.74, 6) is 1.65. The van der Waals surface area contributed by atoms with Crippen LogP contribution in [0.4, 0.5) is 4.39 Å². The summed E-state index contributed by atoms with van der Waals surface area (Å²) in [7, 11) is 1.73. The van der Waals surface area contributed by atoms with Crippen molar-refractivity contribution >= 4 is 0 Å². The van der Waals surface area contributed by atoms with Crippen molar-refractivity contribution in [2.45, 2.75) is 70.8 Å². The maximum Gasteiger partial charge on any atom is 0.0894 e. The lowest BCUT2D eigenvalue weighted by molar-refractivity contribution is 0.185. The first-order chi connectivity index (χ1) is 15.3. The van der Waals surface area contributed by atoms with Crippen LogP contribution in [-0.2, 0) is 17.8 Å². The average Bonchev–Trinajstić information content (AvgIpc) is 2.82. The maximum absolute atomic E-state index is 12.1. The van der Waals surface area contributed by atoms with Crippen molar-refractivity contribution in [3.8, 4) is 11.1 Å². The Hall–Kier alpha value is -1.93. The Morgan fingerprint density at radius 1 is 0.839 bits per heavy atom. The summed E-state index contributed by atoms with van der Waals surface area (Å²) in [5.41, 5.74) is 5.21. The van der Waals surface area contributed by atoms with Gasteiger partial charge in [0.2, 0.25) is 0 Å². The van der Waals surface area contributed by atoms with Crippen LogP contribution in [0.2, 0.25) is 0 Å². The van der Waals surface area contributed by atoms with Crippen molar-refractivity contribution in [2.24, 2.45) is 11.8 Å². The summed E-state index contributed by atoms with van der Waals surface area (Å²) >= 11 is 0. The normalized spacial score (nSPS) is 19.2. The molecule has 0 radical (unpaired) electrons. The van der Waals surface area contributed by atoms with Crippen molar-refractivity contribution in [3.05, 3.63) is 71.8 Å². The molecule has 168 valence electrons. The largest absolute Gasteiger partial charge is 0.380 e. The maximum atomic E-state index is 12.1. The first kappa shape index (κ1) is 23.7. The minimum Gasteiger partial charge on any atom is -0.380 e. The Kier molecular flexibility index (Phi) is 10.3. The summed E-state index contributed by atoms with van der Waals surface area (Å²) in [4.78, 5) is 0. The van der Waals surface area contributed by atoms with Crippen LogP contribution in [0.15, 0.2) is 60.7 Å². The van der Waals surface area contributed by atoms with Crippen molar-refractivity contribution in [3.63, 3.8) is 0 Å². The highest BCUT2D eigenvalue weighted by molar-refractivity contribution is 5.63. The Morgan fingerprint density at radius 2 is 1.48 bits per heavy atom. The highest BCUT2D eigenvalue weighted by Crippen LogP contribution is 2.32. The van der Waals surface area contributed by atoms with E-state index in [1.807, 2.05) is 0 Å². The molecule has 0 bridgehead atoms. The lowest BCUT2D eigenvalue weighted by atomic mass is 9.79. The Balaban J connectivity index is 1.36. The molecule has 2 aromatic rings. The first-order valence-corrected chi connectivity index (χ1v) is 12.2. The zero-order valence-electron chi connectivity index (χ0n) is 19.2. The van der Waals surface area contributed by atoms with E-state index in [0.717, 1.165) is 37.5 Å². The molecule has 31 heavy (non-hydrogen) atoms. The fraction of sp³-hybridized carbons (Fsp3) is 0.517. The lowest BCUT2D eigenvalue weighted by Gasteiger charge is -2.26. The standard InChI is InChI=1S/C29H39FO/c1-31-23-27-16-20-29(21-17-27)28-18-14-26(15-19-28)13-12-25-10-8-24(9-11-25)7-5-3-2-4-6-22-30/h5,7,14-21,24-25H,2-4,6,8-13,22-23H2,1H3/b7-5+/t24-,25-. The summed E-state index contributed by atoms with van der Waals surface area (Å²) in [6.45, 7) is 0.500. The van der Waals surface area contributed by atoms with E-state index >= 15 is 0 Å². The third kappa shape index (κ3) is 8.26. The van der Waals surface area contributed by atoms with Crippen LogP contribution in [0.5, 0.6) is 0 Å². The van der Waals surface area contributed by atoms with E-state index in [-0.39, 0.29) is 6.67 Å². The molecule has 1 saturated carbocycles. The smallest absolute Gasteiger partial charge is 0.0894 e. The van der Waals surface area contributed by atoms with Gasteiger partial charge in [-0.1, -0.05) is 67.1 Å². The van der Waals surface area contributed by atoms with Gasteiger partial charge in [-0.05, 0) is 91.9 Å². The number of halogens is 1. The lowest BCUT2D eigenvalue weighted by Crippen LogP contribution is -2.13. The zero-order valence-corrected chi connectivity index (χ0v) is 19.2. The monoisotopic (exact) mass is 422 g/mol. The van der Waals surface area contributed by atoms with Crippen molar-refractivity contribution < 1.29 is 9.13 Å². The Bertz CT molecular complexity index is 754. The number of ether oxygens (including phenoxy) is 1. The number of allylic oxidation sites excluding steroid dienone is 2. The number of aryl methyl sites for hydroxylation is 1. The molecule has 0 saturated heterocycles. The molecule has 0 spiro atoms. The number of benzene rings is 2. The third-order valence-corrected chi connectivity index (χ3v) is 6.70. The molecule has 3 rings (SSSR count). The van der Waals surface area contributed by atoms with E-state index in [1.54, 1.807) is 7.11 Å². The molecule has 2 heteroatoms. The van der Waals surface area contributed by atoms with Crippen molar-refractivity contribution in [2.75, 3.05) is 13.8 Å². The van der Waals surface area contributed by atoms with Gasteiger partial charge in [0.05, 0.1) is 13.3 Å². The fourth-order valence-corrected chi connectivity index (χ4v) is 4.69. The van der Waals surface area contributed by atoms with Gasteiger partial charge in [0.25, 0.3) is 0 Å². The number of hydrogen-bond donors (Lipinski definition) is 0. The van der Waals surface area contributed by atoms with Crippen LogP contribution in [0.3, 0.4) is 0 Å². The van der Waals surface area contributed by atoms with E-state index in [2.05, 4.69) is 60.7 Å². The van der Waals surface area contributed by atoms with E-state index in [1.165, 1.54) is 60.8 Å². The predicted octanol–water partition coefficient (Wildman–Crippen LogP) is 8.33. The van der Waals surface area contributed by atoms with E-state index in [9.17, 15) is 4.39 Å². The Labute approximate surface area is 188 Å². The van der Waals surface area contributed by atoms with Crippen LogP contribution in [-0.4, -0.2) is 13.8 Å². The number of hydrogen-bond acceptors (Lipinski definition) is 1. The van der Waals surface area contributed by atoms with Gasteiger partial charge in [-0.15, -0.1) is 0 Å². The molecule has 1 nitrogen and oxygen atoms in total. The van der Waals surface area contributed by atoms with Gasteiger partial charge in [0.15, 0.2) is 0 Å². The van der Waals surface area contributed by atoms with Crippen LogP contribution < -0.4 is 0 Å². The highest BCUT2D eigenvalue weighted by atomic mass is 19.1. The van der Waals surface area contributed by atoms with Crippen LogP contribution >= 0.6 is 0 Å². The van der Waals surface area contributed by atoms with Gasteiger partial charge in [-0.3, -0.25) is 4.39 Å². The molecular weight excluding hydrogens is 383 g/mol. The number of alkyl halides is 1. The molecule has 0 heterocycles. The molecule has 0 amide bonds. The van der Waals surface area contributed by atoms with Gasteiger partial charge >= 0.3 is 0 Å². The summed E-state index contributed by atoms with van der Waals surface area (Å²) in [5, 5.41) is 0. The fourth-order valence-electron chi connectivity index (χ4n) is 4.69. The van der Waals surface area contributed by atoms with Crippen LogP contribution in [0, 0.1) is 11.8 Å². The van der Waals surface area contributed by atoms with Gasteiger partial charge < -0.3 is 4.74 Å². The SMILES string of the molecule is COCc1ccc(-c2ccc(CC[C@H]3CC[C@H](/C=C/CCCCCF)CC3)cc2)cc1. The van der Waals surface area contributed by atoms with Crippen molar-refractivity contribution in [1.82, 2.24) is 0 Å². The molecule has 1 fully saturated rings. The summed E-state index contributed by atoms with van der Waals surface area (Å²) in [6, 6.07) is 17.8. The second-order valence-corrected chi connectivity index (χ2v) is 9.11. The van der Waals surface area contributed by atoms with Crippen LogP contribution in [0.1, 0.15) is 68.9 Å². The van der Waals surface area contributed by atoms with Gasteiger partial charge in [-0.25, -0.2) is 0 Å². The molecule has 0 atom stereocenters. The zero-order chi connectivity index (χ0) is 21.7. The molecule has 0 aliphatic heterocycles. The van der Waals surface area contributed by atoms with Gasteiger partial charge in [0, 0.05) is 7.11 Å². The number of rotatable bonds is 12. The third-order valence-electron chi connectivity index (χ3n) is 6.70. The Morgan fingerprint density at radius 3 is 2.10 bits per heavy atom. The molecule has 1 aliphatic carbocycles. The van der Waals surface area contributed by atoms with E-state index < -0.39 is 0 Å². The average molecular weight is 423 g/mol. The van der Waals surface area contributed by atoms with Crippen LogP contribution in [0.25, 0.3) is 11.1 Å². The quantitative estimate of drug-likeness (QED) is 0.247. The topological polar surface area (TPSA) is 9.23 Å². The minimum absolute atomic E-state index is 0.166. The van der Waals surface area contributed by atoms with E-state index in [0.29, 0.717) is 6.61 Å². The molecule has 0 N–H and O–H groups in total. The second kappa shape index (κ2) is 13.5. The number of unbranched alkanes of at least 4 members (excludes halogenated alkanes) is 3. The first-order valence-electron chi connectivity index (χ1n) is 12.2. The molecule has 2 aromatic carbocycles. The van der Waals surface area contributed by atoms with Gasteiger partial charge in [0.1, 0.15) is 0 Å².